The van der Waals surface area contributed by atoms with Gasteiger partial charge >= 0.3 is 12.4 Å². The number of hydrogen-bond donors (Lipinski definition) is 0. The molecule has 12 heteroatoms. The van der Waals surface area contributed by atoms with Gasteiger partial charge in [-0.25, -0.2) is 29.9 Å². The summed E-state index contributed by atoms with van der Waals surface area (Å²) >= 11 is 0. The summed E-state index contributed by atoms with van der Waals surface area (Å²) in [7, 11) is 0. The van der Waals surface area contributed by atoms with E-state index in [-0.39, 0.29) is 11.6 Å². The second-order valence-electron chi connectivity index (χ2n) is 15.4. The van der Waals surface area contributed by atoms with E-state index >= 15 is 0 Å². The molecule has 2 heterocycles. The van der Waals surface area contributed by atoms with Crippen molar-refractivity contribution in [1.82, 2.24) is 29.9 Å². The summed E-state index contributed by atoms with van der Waals surface area (Å²) in [6.07, 6.45) is -8.93. The van der Waals surface area contributed by atoms with Gasteiger partial charge in [-0.3, -0.25) is 0 Å². The number of benzene rings is 8. The molecule has 0 atom stereocenters. The van der Waals surface area contributed by atoms with Crippen molar-refractivity contribution in [2.24, 2.45) is 0 Å². The molecule has 0 saturated carbocycles. The molecule has 0 amide bonds. The van der Waals surface area contributed by atoms with Crippen molar-refractivity contribution in [2.75, 3.05) is 0 Å². The van der Waals surface area contributed by atoms with Crippen molar-refractivity contribution >= 4 is 10.8 Å². The summed E-state index contributed by atoms with van der Waals surface area (Å²) in [6.45, 7) is 0. The van der Waals surface area contributed by atoms with Gasteiger partial charge in [0.1, 0.15) is 0 Å². The lowest BCUT2D eigenvalue weighted by Crippen LogP contribution is -2.04. The van der Waals surface area contributed by atoms with Gasteiger partial charge in [0.05, 0.1) is 11.1 Å². The fourth-order valence-corrected chi connectivity index (χ4v) is 7.55. The number of hydrogen-bond acceptors (Lipinski definition) is 6. The molecule has 8 aromatic carbocycles. The average molecular weight is 879 g/mol. The van der Waals surface area contributed by atoms with Crippen LogP contribution in [-0.2, 0) is 12.4 Å². The van der Waals surface area contributed by atoms with Crippen LogP contribution in [0.15, 0.2) is 194 Å². The van der Waals surface area contributed by atoms with Crippen molar-refractivity contribution in [1.29, 1.82) is 0 Å². The molecule has 0 saturated heterocycles. The molecule has 0 spiro atoms. The molecular weight excluding hydrogens is 847 g/mol. The lowest BCUT2D eigenvalue weighted by Gasteiger charge is -2.11. The molecular formula is C54H32F6N6. The SMILES string of the molecule is FC(F)(F)c1ccc(-c2nc(-c3ccccc3)nc(-c3ccc(-c4ccc5ccc(-c6ccc(-c7nc(-c8ccccc8)nc(-c8ccc(C(F)(F)F)cc8)n7)cc6)cc5c4)cc3)n2)cc1. The summed E-state index contributed by atoms with van der Waals surface area (Å²) in [6, 6.07) is 56.3. The smallest absolute Gasteiger partial charge is 0.208 e. The summed E-state index contributed by atoms with van der Waals surface area (Å²) in [5, 5.41) is 2.08. The summed E-state index contributed by atoms with van der Waals surface area (Å²) < 4.78 is 80.0. The molecule has 0 unspecified atom stereocenters. The highest BCUT2D eigenvalue weighted by Crippen LogP contribution is 2.35. The molecule has 0 aliphatic heterocycles. The van der Waals surface area contributed by atoms with Crippen LogP contribution in [-0.4, -0.2) is 29.9 Å². The van der Waals surface area contributed by atoms with E-state index in [0.717, 1.165) is 68.4 Å². The molecule has 10 aromatic rings. The van der Waals surface area contributed by atoms with Crippen LogP contribution in [0.5, 0.6) is 0 Å². The van der Waals surface area contributed by atoms with Crippen molar-refractivity contribution in [3.63, 3.8) is 0 Å². The maximum Gasteiger partial charge on any atom is 0.416 e. The molecule has 0 aliphatic rings. The monoisotopic (exact) mass is 878 g/mol. The lowest BCUT2D eigenvalue weighted by molar-refractivity contribution is -0.138. The van der Waals surface area contributed by atoms with E-state index in [2.05, 4.69) is 46.4 Å². The van der Waals surface area contributed by atoms with E-state index in [4.69, 9.17) is 19.9 Å². The second kappa shape index (κ2) is 17.0. The van der Waals surface area contributed by atoms with Gasteiger partial charge < -0.3 is 0 Å². The Hall–Kier alpha value is -8.38. The summed E-state index contributed by atoms with van der Waals surface area (Å²) in [4.78, 5) is 28.2. The van der Waals surface area contributed by atoms with E-state index in [1.54, 1.807) is 0 Å². The Bertz CT molecular complexity index is 3120. The summed E-state index contributed by atoms with van der Waals surface area (Å²) in [5.41, 5.74) is 6.14. The average Bonchev–Trinajstić information content (AvgIpc) is 3.36. The van der Waals surface area contributed by atoms with E-state index in [9.17, 15) is 26.3 Å². The van der Waals surface area contributed by atoms with Crippen LogP contribution < -0.4 is 0 Å². The molecule has 2 aromatic heterocycles. The van der Waals surface area contributed by atoms with Crippen LogP contribution in [0.25, 0.3) is 101 Å². The third-order valence-electron chi connectivity index (χ3n) is 11.1. The normalized spacial score (nSPS) is 11.8. The van der Waals surface area contributed by atoms with Gasteiger partial charge in [-0.15, -0.1) is 0 Å². The van der Waals surface area contributed by atoms with E-state index in [1.807, 2.05) is 109 Å². The molecule has 0 N–H and O–H groups in total. The fraction of sp³-hybridized carbons (Fsp3) is 0.0370. The van der Waals surface area contributed by atoms with Crippen LogP contribution >= 0.6 is 0 Å². The van der Waals surface area contributed by atoms with Crippen molar-refractivity contribution in [2.45, 2.75) is 12.4 Å². The second-order valence-corrected chi connectivity index (χ2v) is 15.4. The maximum absolute atomic E-state index is 13.3. The minimum atomic E-state index is -4.47. The Labute approximate surface area is 374 Å². The van der Waals surface area contributed by atoms with E-state index in [1.165, 1.54) is 24.3 Å². The minimum Gasteiger partial charge on any atom is -0.208 e. The lowest BCUT2D eigenvalue weighted by atomic mass is 9.96. The zero-order valence-electron chi connectivity index (χ0n) is 34.4. The van der Waals surface area contributed by atoms with Gasteiger partial charge in [0, 0.05) is 33.4 Å². The predicted octanol–water partition coefficient (Wildman–Crippen LogP) is 14.6. The Balaban J connectivity index is 0.931. The van der Waals surface area contributed by atoms with Crippen LogP contribution in [0.3, 0.4) is 0 Å². The molecule has 0 aliphatic carbocycles. The number of alkyl halides is 6. The maximum atomic E-state index is 13.3. The number of halogens is 6. The van der Waals surface area contributed by atoms with Crippen molar-refractivity contribution in [3.05, 3.63) is 205 Å². The number of rotatable bonds is 8. The zero-order valence-corrected chi connectivity index (χ0v) is 34.4. The number of fused-ring (bicyclic) bond motifs is 1. The quantitative estimate of drug-likeness (QED) is 0.142. The molecule has 0 fully saturated rings. The van der Waals surface area contributed by atoms with Crippen LogP contribution in [0.4, 0.5) is 26.3 Å². The molecule has 0 radical (unpaired) electrons. The standard InChI is InChI=1S/C54H32F6N6/c55-53(56,57)45-27-23-40(24-28-45)51-63-47(36-7-3-1-4-8-36)61-49(65-51)38-17-11-33(12-18-38)42-21-15-35-16-22-43(32-44(35)31-42)34-13-19-39(20-14-34)50-62-48(37-9-5-2-6-10-37)64-52(66-50)41-25-29-46(30-26-41)54(58,59)60/h1-32H. The van der Waals surface area contributed by atoms with Crippen molar-refractivity contribution in [3.8, 4) is 90.6 Å². The first-order valence-electron chi connectivity index (χ1n) is 20.7. The van der Waals surface area contributed by atoms with E-state index in [0.29, 0.717) is 45.6 Å². The Morgan fingerprint density at radius 2 is 0.470 bits per heavy atom. The Kier molecular flexibility index (Phi) is 10.7. The first-order chi connectivity index (χ1) is 31.9. The molecule has 66 heavy (non-hydrogen) atoms. The van der Waals surface area contributed by atoms with Crippen LogP contribution in [0.1, 0.15) is 11.1 Å². The Morgan fingerprint density at radius 3 is 0.758 bits per heavy atom. The van der Waals surface area contributed by atoms with Crippen LogP contribution in [0.2, 0.25) is 0 Å². The highest BCUT2D eigenvalue weighted by molar-refractivity contribution is 5.91. The van der Waals surface area contributed by atoms with E-state index < -0.39 is 23.5 Å². The van der Waals surface area contributed by atoms with Gasteiger partial charge in [0.25, 0.3) is 0 Å². The minimum absolute atomic E-state index is 0.255. The Morgan fingerprint density at radius 1 is 0.227 bits per heavy atom. The highest BCUT2D eigenvalue weighted by Gasteiger charge is 2.31. The summed E-state index contributed by atoms with van der Waals surface area (Å²) in [5.74, 6) is 2.06. The third-order valence-corrected chi connectivity index (χ3v) is 11.1. The zero-order chi connectivity index (χ0) is 45.4. The molecule has 6 nitrogen and oxygen atoms in total. The van der Waals surface area contributed by atoms with Gasteiger partial charge in [-0.1, -0.05) is 158 Å². The highest BCUT2D eigenvalue weighted by atomic mass is 19.4. The molecule has 10 rings (SSSR count). The van der Waals surface area contributed by atoms with Gasteiger partial charge in [0.2, 0.25) is 0 Å². The van der Waals surface area contributed by atoms with Gasteiger partial charge in [-0.05, 0) is 69.4 Å². The third kappa shape index (κ3) is 8.76. The largest absolute Gasteiger partial charge is 0.416 e. The first-order valence-corrected chi connectivity index (χ1v) is 20.7. The number of aromatic nitrogens is 6. The van der Waals surface area contributed by atoms with Crippen LogP contribution in [0, 0.1) is 0 Å². The first kappa shape index (κ1) is 41.6. The molecule has 320 valence electrons. The predicted molar refractivity (Wildman–Crippen MR) is 244 cm³/mol. The fourth-order valence-electron chi connectivity index (χ4n) is 7.55. The number of nitrogens with zero attached hydrogens (tertiary/aromatic N) is 6. The van der Waals surface area contributed by atoms with Crippen molar-refractivity contribution < 1.29 is 26.3 Å². The topological polar surface area (TPSA) is 77.3 Å². The molecule has 0 bridgehead atoms. The van der Waals surface area contributed by atoms with Gasteiger partial charge in [-0.2, -0.15) is 26.3 Å². The van der Waals surface area contributed by atoms with Gasteiger partial charge in [0.15, 0.2) is 34.9 Å².